The molecule has 1 aliphatic carbocycles. The molecule has 1 aromatic carbocycles. The van der Waals surface area contributed by atoms with Crippen molar-refractivity contribution in [2.24, 2.45) is 0 Å². The first-order valence-electron chi connectivity index (χ1n) is 8.69. The SMILES string of the molecule is COc1cccc(C)c1NC(=O)C[n+]1cccn1C1CCCCC1. The maximum Gasteiger partial charge on any atom is 0.292 e. The molecule has 0 radical (unpaired) electrons. The highest BCUT2D eigenvalue weighted by Crippen LogP contribution is 2.28. The van der Waals surface area contributed by atoms with Crippen LogP contribution in [0.1, 0.15) is 43.7 Å². The topological polar surface area (TPSA) is 47.1 Å². The number of ether oxygens (including phenoxy) is 1. The average molecular weight is 328 g/mol. The van der Waals surface area contributed by atoms with Crippen LogP contribution in [-0.4, -0.2) is 17.7 Å². The fraction of sp³-hybridized carbons (Fsp3) is 0.474. The summed E-state index contributed by atoms with van der Waals surface area (Å²) in [5.74, 6) is 0.652. The fourth-order valence-corrected chi connectivity index (χ4v) is 3.50. The third kappa shape index (κ3) is 3.61. The molecule has 0 aliphatic heterocycles. The van der Waals surface area contributed by atoms with Gasteiger partial charge in [-0.1, -0.05) is 31.4 Å². The van der Waals surface area contributed by atoms with Crippen molar-refractivity contribution in [1.29, 1.82) is 0 Å². The molecule has 1 fully saturated rings. The van der Waals surface area contributed by atoms with Crippen molar-refractivity contribution in [1.82, 2.24) is 4.68 Å². The minimum Gasteiger partial charge on any atom is -0.495 e. The molecule has 5 heteroatoms. The van der Waals surface area contributed by atoms with E-state index in [0.29, 0.717) is 18.3 Å². The highest BCUT2D eigenvalue weighted by atomic mass is 16.5. The minimum absolute atomic E-state index is 0.0386. The third-order valence-corrected chi connectivity index (χ3v) is 4.77. The van der Waals surface area contributed by atoms with Crippen LogP contribution in [0, 0.1) is 6.92 Å². The molecule has 1 amide bonds. The van der Waals surface area contributed by atoms with Crippen LogP contribution in [0.4, 0.5) is 5.69 Å². The number of carbonyl (C=O) groups is 1. The Morgan fingerprint density at radius 2 is 2.08 bits per heavy atom. The lowest BCUT2D eigenvalue weighted by Crippen LogP contribution is -2.48. The number of para-hydroxylation sites is 1. The summed E-state index contributed by atoms with van der Waals surface area (Å²) < 4.78 is 9.58. The highest BCUT2D eigenvalue weighted by Gasteiger charge is 2.23. The van der Waals surface area contributed by atoms with E-state index in [9.17, 15) is 4.79 Å². The van der Waals surface area contributed by atoms with E-state index in [2.05, 4.69) is 16.2 Å². The van der Waals surface area contributed by atoms with Gasteiger partial charge >= 0.3 is 0 Å². The smallest absolute Gasteiger partial charge is 0.292 e. The Labute approximate surface area is 143 Å². The van der Waals surface area contributed by atoms with E-state index >= 15 is 0 Å². The molecule has 5 nitrogen and oxygen atoms in total. The Kier molecular flexibility index (Phi) is 5.18. The molecule has 0 spiro atoms. The van der Waals surface area contributed by atoms with Gasteiger partial charge in [-0.05, 0) is 31.4 Å². The number of amides is 1. The van der Waals surface area contributed by atoms with Gasteiger partial charge in [-0.25, -0.2) is 0 Å². The monoisotopic (exact) mass is 328 g/mol. The van der Waals surface area contributed by atoms with E-state index in [1.807, 2.05) is 42.1 Å². The summed E-state index contributed by atoms with van der Waals surface area (Å²) in [5, 5.41) is 3.00. The number of rotatable bonds is 5. The Morgan fingerprint density at radius 3 is 2.83 bits per heavy atom. The molecular weight excluding hydrogens is 302 g/mol. The largest absolute Gasteiger partial charge is 0.495 e. The summed E-state index contributed by atoms with van der Waals surface area (Å²) in [4.78, 5) is 12.5. The number of aromatic nitrogens is 2. The van der Waals surface area contributed by atoms with Crippen molar-refractivity contribution in [3.05, 3.63) is 42.2 Å². The zero-order chi connectivity index (χ0) is 16.9. The van der Waals surface area contributed by atoms with Gasteiger partial charge in [0.2, 0.25) is 6.54 Å². The summed E-state index contributed by atoms with van der Waals surface area (Å²) >= 11 is 0. The third-order valence-electron chi connectivity index (χ3n) is 4.77. The predicted molar refractivity (Wildman–Crippen MR) is 93.1 cm³/mol. The molecule has 0 saturated heterocycles. The lowest BCUT2D eigenvalue weighted by Gasteiger charge is -2.21. The first-order chi connectivity index (χ1) is 11.7. The first-order valence-corrected chi connectivity index (χ1v) is 8.69. The van der Waals surface area contributed by atoms with Crippen molar-refractivity contribution in [2.45, 2.75) is 51.6 Å². The molecule has 0 bridgehead atoms. The van der Waals surface area contributed by atoms with E-state index < -0.39 is 0 Å². The number of nitrogens with zero attached hydrogens (tertiary/aromatic N) is 2. The van der Waals surface area contributed by atoms with Crippen LogP contribution in [0.25, 0.3) is 0 Å². The van der Waals surface area contributed by atoms with Crippen LogP contribution >= 0.6 is 0 Å². The van der Waals surface area contributed by atoms with E-state index in [1.54, 1.807) is 7.11 Å². The van der Waals surface area contributed by atoms with E-state index in [4.69, 9.17) is 4.74 Å². The molecule has 1 saturated carbocycles. The summed E-state index contributed by atoms with van der Waals surface area (Å²) in [5.41, 5.74) is 1.75. The van der Waals surface area contributed by atoms with Crippen LogP contribution in [0.2, 0.25) is 0 Å². The quantitative estimate of drug-likeness (QED) is 0.857. The first kappa shape index (κ1) is 16.6. The number of methoxy groups -OCH3 is 1. The molecule has 1 N–H and O–H groups in total. The number of carbonyl (C=O) groups excluding carboxylic acids is 1. The van der Waals surface area contributed by atoms with Gasteiger partial charge in [0.05, 0.1) is 25.0 Å². The lowest BCUT2D eigenvalue weighted by atomic mass is 9.96. The Morgan fingerprint density at radius 1 is 1.29 bits per heavy atom. The molecule has 1 aromatic heterocycles. The Bertz CT molecular complexity index is 702. The van der Waals surface area contributed by atoms with Gasteiger partial charge in [-0.2, -0.15) is 4.68 Å². The predicted octanol–water partition coefficient (Wildman–Crippen LogP) is 3.24. The van der Waals surface area contributed by atoms with Gasteiger partial charge in [0.1, 0.15) is 5.75 Å². The second-order valence-electron chi connectivity index (χ2n) is 6.46. The van der Waals surface area contributed by atoms with Gasteiger partial charge in [-0.15, -0.1) is 4.68 Å². The number of benzene rings is 1. The maximum absolute atomic E-state index is 12.5. The molecule has 1 heterocycles. The number of hydrogen-bond acceptors (Lipinski definition) is 2. The lowest BCUT2D eigenvalue weighted by molar-refractivity contribution is -0.767. The second-order valence-corrected chi connectivity index (χ2v) is 6.46. The molecule has 0 atom stereocenters. The van der Waals surface area contributed by atoms with Gasteiger partial charge in [0.25, 0.3) is 5.91 Å². The zero-order valence-corrected chi connectivity index (χ0v) is 14.5. The highest BCUT2D eigenvalue weighted by molar-refractivity contribution is 5.92. The second kappa shape index (κ2) is 7.51. The van der Waals surface area contributed by atoms with Crippen LogP contribution in [0.5, 0.6) is 5.75 Å². The summed E-state index contributed by atoms with van der Waals surface area (Å²) in [6.45, 7) is 2.27. The van der Waals surface area contributed by atoms with E-state index in [1.165, 1.54) is 32.1 Å². The molecular formula is C19H26N3O2+. The fourth-order valence-electron chi connectivity index (χ4n) is 3.50. The van der Waals surface area contributed by atoms with Crippen molar-refractivity contribution in [2.75, 3.05) is 12.4 Å². The zero-order valence-electron chi connectivity index (χ0n) is 14.5. The maximum atomic E-state index is 12.5. The molecule has 24 heavy (non-hydrogen) atoms. The van der Waals surface area contributed by atoms with Crippen LogP contribution in [0.15, 0.2) is 36.7 Å². The van der Waals surface area contributed by atoms with Crippen molar-refractivity contribution < 1.29 is 14.2 Å². The van der Waals surface area contributed by atoms with Crippen molar-refractivity contribution >= 4 is 11.6 Å². The summed E-state index contributed by atoms with van der Waals surface area (Å²) in [6, 6.07) is 8.27. The Balaban J connectivity index is 1.71. The summed E-state index contributed by atoms with van der Waals surface area (Å²) in [7, 11) is 1.62. The van der Waals surface area contributed by atoms with Crippen LogP contribution in [0.3, 0.4) is 0 Å². The van der Waals surface area contributed by atoms with Gasteiger partial charge < -0.3 is 10.1 Å². The Hall–Kier alpha value is -2.30. The minimum atomic E-state index is -0.0386. The number of hydrogen-bond donors (Lipinski definition) is 1. The van der Waals surface area contributed by atoms with E-state index in [-0.39, 0.29) is 5.91 Å². The van der Waals surface area contributed by atoms with Gasteiger partial charge in [0, 0.05) is 6.07 Å². The normalized spacial score (nSPS) is 15.2. The average Bonchev–Trinajstić information content (AvgIpc) is 3.05. The van der Waals surface area contributed by atoms with Crippen LogP contribution < -0.4 is 14.7 Å². The van der Waals surface area contributed by atoms with Gasteiger partial charge in [0.15, 0.2) is 6.20 Å². The van der Waals surface area contributed by atoms with E-state index in [0.717, 1.165) is 11.3 Å². The van der Waals surface area contributed by atoms with Crippen LogP contribution in [-0.2, 0) is 11.3 Å². The number of nitrogens with one attached hydrogen (secondary N) is 1. The molecule has 128 valence electrons. The summed E-state index contributed by atoms with van der Waals surface area (Å²) in [6.07, 6.45) is 10.3. The molecule has 2 aromatic rings. The standard InChI is InChI=1S/C19H25N3O2/c1-15-8-6-11-17(24-2)19(15)20-18(23)14-21-12-7-13-22(21)16-9-4-3-5-10-16/h6-8,11-13,16H,3-5,9-10,14H2,1-2H3/p+1. The number of aryl methyl sites for hydroxylation is 1. The number of anilines is 1. The molecule has 0 unspecified atom stereocenters. The van der Waals surface area contributed by atoms with Crippen molar-refractivity contribution in [3.8, 4) is 5.75 Å². The van der Waals surface area contributed by atoms with Gasteiger partial charge in [-0.3, -0.25) is 4.79 Å². The molecule has 3 rings (SSSR count). The molecule has 1 aliphatic rings. The van der Waals surface area contributed by atoms with Crippen molar-refractivity contribution in [3.63, 3.8) is 0 Å².